The van der Waals surface area contributed by atoms with Gasteiger partial charge in [-0.15, -0.1) is 0 Å². The molecule has 0 unspecified atom stereocenters. The summed E-state index contributed by atoms with van der Waals surface area (Å²) in [7, 11) is 4.75. The Morgan fingerprint density at radius 2 is 1.59 bits per heavy atom. The summed E-state index contributed by atoms with van der Waals surface area (Å²) in [6, 6.07) is 17.0. The average Bonchev–Trinajstić information content (AvgIpc) is 2.84. The molecule has 1 aromatic heterocycles. The van der Waals surface area contributed by atoms with Crippen molar-refractivity contribution in [1.29, 1.82) is 0 Å². The van der Waals surface area contributed by atoms with Crippen LogP contribution in [0.4, 0.5) is 5.69 Å². The summed E-state index contributed by atoms with van der Waals surface area (Å²) in [4.78, 5) is 18.5. The zero-order valence-electron chi connectivity index (χ0n) is 19.7. The normalized spacial score (nSPS) is 10.8. The largest absolute Gasteiger partial charge is 0.497 e. The van der Waals surface area contributed by atoms with Gasteiger partial charge in [0.2, 0.25) is 0 Å². The van der Waals surface area contributed by atoms with Crippen molar-refractivity contribution in [3.8, 4) is 28.5 Å². The zero-order valence-corrected chi connectivity index (χ0v) is 21.2. The van der Waals surface area contributed by atoms with E-state index in [4.69, 9.17) is 19.2 Å². The van der Waals surface area contributed by atoms with Crippen LogP contribution in [0.5, 0.6) is 17.2 Å². The molecule has 4 rings (SSSR count). The number of ether oxygens (including phenoxy) is 3. The molecule has 0 radical (unpaired) electrons. The molecule has 6 nitrogen and oxygen atoms in total. The molecule has 1 N–H and O–H groups in total. The number of anilines is 1. The van der Waals surface area contributed by atoms with E-state index >= 15 is 0 Å². The molecule has 0 aliphatic heterocycles. The molecule has 0 saturated carbocycles. The summed E-state index contributed by atoms with van der Waals surface area (Å²) in [6.07, 6.45) is 0. The number of rotatable bonds is 6. The maximum atomic E-state index is 13.6. The molecule has 1 heterocycles. The highest BCUT2D eigenvalue weighted by Gasteiger charge is 2.19. The fraction of sp³-hybridized carbons (Fsp3) is 0.185. The van der Waals surface area contributed by atoms with Crippen LogP contribution in [0.15, 0.2) is 59.1 Å². The zero-order chi connectivity index (χ0) is 24.4. The van der Waals surface area contributed by atoms with E-state index in [2.05, 4.69) is 27.3 Å². The highest BCUT2D eigenvalue weighted by molar-refractivity contribution is 9.10. The van der Waals surface area contributed by atoms with Gasteiger partial charge in [-0.3, -0.25) is 4.79 Å². The lowest BCUT2D eigenvalue weighted by Crippen LogP contribution is -2.14. The van der Waals surface area contributed by atoms with E-state index in [-0.39, 0.29) is 5.91 Å². The predicted molar refractivity (Wildman–Crippen MR) is 138 cm³/mol. The Labute approximate surface area is 207 Å². The second-order valence-electron chi connectivity index (χ2n) is 7.90. The molecule has 0 saturated heterocycles. The maximum Gasteiger partial charge on any atom is 0.256 e. The van der Waals surface area contributed by atoms with Crippen molar-refractivity contribution in [2.45, 2.75) is 13.8 Å². The minimum Gasteiger partial charge on any atom is -0.497 e. The molecule has 0 fully saturated rings. The molecular formula is C27H25BrN2O4. The van der Waals surface area contributed by atoms with Crippen LogP contribution in [-0.2, 0) is 0 Å². The van der Waals surface area contributed by atoms with Crippen LogP contribution in [0.25, 0.3) is 22.2 Å². The lowest BCUT2D eigenvalue weighted by molar-refractivity contribution is 0.102. The molecule has 0 aliphatic carbocycles. The summed E-state index contributed by atoms with van der Waals surface area (Å²) in [5.74, 6) is 1.59. The number of carbonyl (C=O) groups excluding carboxylic acids is 1. The van der Waals surface area contributed by atoms with Crippen molar-refractivity contribution in [3.05, 3.63) is 75.8 Å². The Kier molecular flexibility index (Phi) is 6.75. The molecule has 34 heavy (non-hydrogen) atoms. The third-order valence-corrected chi connectivity index (χ3v) is 6.22. The van der Waals surface area contributed by atoms with Crippen molar-refractivity contribution in [3.63, 3.8) is 0 Å². The number of hydrogen-bond acceptors (Lipinski definition) is 5. The Bertz CT molecular complexity index is 1380. The van der Waals surface area contributed by atoms with Crippen LogP contribution >= 0.6 is 15.9 Å². The van der Waals surface area contributed by atoms with Crippen LogP contribution in [0.1, 0.15) is 21.5 Å². The van der Waals surface area contributed by atoms with Gasteiger partial charge in [0, 0.05) is 23.1 Å². The molecular weight excluding hydrogens is 496 g/mol. The third-order valence-electron chi connectivity index (χ3n) is 5.60. The summed E-state index contributed by atoms with van der Waals surface area (Å²) >= 11 is 3.45. The number of nitrogens with zero attached hydrogens (tertiary/aromatic N) is 1. The van der Waals surface area contributed by atoms with E-state index in [0.717, 1.165) is 37.8 Å². The summed E-state index contributed by atoms with van der Waals surface area (Å²) in [5.41, 5.74) is 5.46. The third kappa shape index (κ3) is 4.56. The summed E-state index contributed by atoms with van der Waals surface area (Å²) in [6.45, 7) is 4.01. The Morgan fingerprint density at radius 1 is 0.882 bits per heavy atom. The minimum atomic E-state index is -0.269. The first-order chi connectivity index (χ1) is 16.3. The maximum absolute atomic E-state index is 13.6. The van der Waals surface area contributed by atoms with Gasteiger partial charge in [-0.05, 0) is 71.7 Å². The lowest BCUT2D eigenvalue weighted by atomic mass is 9.99. The van der Waals surface area contributed by atoms with Gasteiger partial charge in [0.05, 0.1) is 48.3 Å². The number of aryl methyl sites for hydroxylation is 2. The van der Waals surface area contributed by atoms with E-state index in [9.17, 15) is 4.79 Å². The van der Waals surface area contributed by atoms with Crippen molar-refractivity contribution >= 4 is 38.4 Å². The Hall–Kier alpha value is -3.58. The smallest absolute Gasteiger partial charge is 0.256 e. The molecule has 174 valence electrons. The molecule has 0 spiro atoms. The van der Waals surface area contributed by atoms with E-state index in [1.807, 2.05) is 50.2 Å². The van der Waals surface area contributed by atoms with E-state index in [0.29, 0.717) is 28.4 Å². The van der Waals surface area contributed by atoms with Gasteiger partial charge in [-0.2, -0.15) is 0 Å². The molecule has 0 aliphatic rings. The van der Waals surface area contributed by atoms with Gasteiger partial charge in [0.15, 0.2) is 0 Å². The van der Waals surface area contributed by atoms with E-state index in [1.54, 1.807) is 33.5 Å². The van der Waals surface area contributed by atoms with Crippen LogP contribution in [0.3, 0.4) is 0 Å². The fourth-order valence-electron chi connectivity index (χ4n) is 3.93. The lowest BCUT2D eigenvalue weighted by Gasteiger charge is -2.16. The molecule has 0 bridgehead atoms. The van der Waals surface area contributed by atoms with Gasteiger partial charge in [0.1, 0.15) is 17.2 Å². The standard InChI is InChI=1S/C27H25BrN2O4/c1-15-10-16(2)26-19(11-15)20(12-22(29-26)17-6-8-18(32-3)9-7-17)27(31)30-23-14-24(33-4)21(28)13-25(23)34-5/h6-14H,1-5H3,(H,30,31). The highest BCUT2D eigenvalue weighted by atomic mass is 79.9. The van der Waals surface area contributed by atoms with Gasteiger partial charge < -0.3 is 19.5 Å². The number of carbonyl (C=O) groups is 1. The highest BCUT2D eigenvalue weighted by Crippen LogP contribution is 2.37. The molecule has 4 aromatic rings. The van der Waals surface area contributed by atoms with E-state index < -0.39 is 0 Å². The first kappa shape index (κ1) is 23.6. The molecule has 0 atom stereocenters. The SMILES string of the molecule is COc1ccc(-c2cc(C(=O)Nc3cc(OC)c(Br)cc3OC)c3cc(C)cc(C)c3n2)cc1. The van der Waals surface area contributed by atoms with Gasteiger partial charge >= 0.3 is 0 Å². The van der Waals surface area contributed by atoms with Gasteiger partial charge in [0.25, 0.3) is 5.91 Å². The van der Waals surface area contributed by atoms with Crippen molar-refractivity contribution in [2.75, 3.05) is 26.6 Å². The van der Waals surface area contributed by atoms with Crippen molar-refractivity contribution in [2.24, 2.45) is 0 Å². The number of aromatic nitrogens is 1. The first-order valence-corrected chi connectivity index (χ1v) is 11.4. The van der Waals surface area contributed by atoms with Crippen LogP contribution < -0.4 is 19.5 Å². The number of nitrogens with one attached hydrogen (secondary N) is 1. The van der Waals surface area contributed by atoms with E-state index in [1.165, 1.54) is 0 Å². The van der Waals surface area contributed by atoms with Gasteiger partial charge in [-0.25, -0.2) is 4.98 Å². The second kappa shape index (κ2) is 9.73. The van der Waals surface area contributed by atoms with Crippen LogP contribution in [0.2, 0.25) is 0 Å². The number of halogens is 1. The quantitative estimate of drug-likeness (QED) is 0.311. The molecule has 3 aromatic carbocycles. The topological polar surface area (TPSA) is 69.7 Å². The first-order valence-electron chi connectivity index (χ1n) is 10.6. The van der Waals surface area contributed by atoms with Crippen LogP contribution in [-0.4, -0.2) is 32.2 Å². The number of fused-ring (bicyclic) bond motifs is 1. The number of hydrogen-bond donors (Lipinski definition) is 1. The Morgan fingerprint density at radius 3 is 2.24 bits per heavy atom. The number of pyridine rings is 1. The minimum absolute atomic E-state index is 0.269. The van der Waals surface area contributed by atoms with Crippen molar-refractivity contribution in [1.82, 2.24) is 4.98 Å². The number of benzene rings is 3. The van der Waals surface area contributed by atoms with Gasteiger partial charge in [-0.1, -0.05) is 11.6 Å². The molecule has 1 amide bonds. The average molecular weight is 521 g/mol. The Balaban J connectivity index is 1.86. The van der Waals surface area contributed by atoms with Crippen molar-refractivity contribution < 1.29 is 19.0 Å². The predicted octanol–water partition coefficient (Wildman–Crippen LogP) is 6.56. The summed E-state index contributed by atoms with van der Waals surface area (Å²) < 4.78 is 16.9. The fourth-order valence-corrected chi connectivity index (χ4v) is 4.41. The monoisotopic (exact) mass is 520 g/mol. The number of methoxy groups -OCH3 is 3. The second-order valence-corrected chi connectivity index (χ2v) is 8.76. The summed E-state index contributed by atoms with van der Waals surface area (Å²) in [5, 5.41) is 3.78. The molecule has 7 heteroatoms. The number of amides is 1. The van der Waals surface area contributed by atoms with Crippen LogP contribution in [0, 0.1) is 13.8 Å².